The molecule has 0 N–H and O–H groups in total. The van der Waals surface area contributed by atoms with Gasteiger partial charge in [0.15, 0.2) is 17.8 Å². The summed E-state index contributed by atoms with van der Waals surface area (Å²) in [6.07, 6.45) is 0.834. The van der Waals surface area contributed by atoms with E-state index in [2.05, 4.69) is 18.2 Å². The SMILES string of the molecule is C=C(/C=C\C(=C/C)C1CCC(CC)CO1)c1cc(F)c(C(F)(F)OC2=CC(F)=C(F)C(F)C2C)c(F)c1. The quantitative estimate of drug-likeness (QED) is 0.247. The van der Waals surface area contributed by atoms with Gasteiger partial charge >= 0.3 is 6.11 Å². The Hall–Kier alpha value is -2.81. The molecule has 1 fully saturated rings. The Balaban J connectivity index is 1.78. The van der Waals surface area contributed by atoms with Crippen molar-refractivity contribution in [3.63, 3.8) is 0 Å². The summed E-state index contributed by atoms with van der Waals surface area (Å²) in [6.45, 7) is 9.31. The molecule has 0 amide bonds. The van der Waals surface area contributed by atoms with Crippen LogP contribution in [-0.4, -0.2) is 18.9 Å². The van der Waals surface area contributed by atoms with Gasteiger partial charge in [0.05, 0.1) is 18.6 Å². The summed E-state index contributed by atoms with van der Waals surface area (Å²) >= 11 is 0. The van der Waals surface area contributed by atoms with Gasteiger partial charge in [-0.1, -0.05) is 45.1 Å². The summed E-state index contributed by atoms with van der Waals surface area (Å²) in [6, 6.07) is 1.33. The highest BCUT2D eigenvalue weighted by Gasteiger charge is 2.44. The van der Waals surface area contributed by atoms with Crippen molar-refractivity contribution < 1.29 is 40.2 Å². The van der Waals surface area contributed by atoms with Gasteiger partial charge in [-0.3, -0.25) is 0 Å². The van der Waals surface area contributed by atoms with Gasteiger partial charge in [-0.15, -0.1) is 0 Å². The van der Waals surface area contributed by atoms with Gasteiger partial charge in [-0.2, -0.15) is 8.78 Å². The van der Waals surface area contributed by atoms with Crippen LogP contribution in [0.25, 0.3) is 5.57 Å². The van der Waals surface area contributed by atoms with Crippen LogP contribution < -0.4 is 0 Å². The molecule has 0 spiro atoms. The summed E-state index contributed by atoms with van der Waals surface area (Å²) in [5, 5.41) is 0. The molecule has 1 aromatic carbocycles. The molecule has 3 rings (SSSR count). The third-order valence-electron chi connectivity index (χ3n) is 6.71. The zero-order valence-electron chi connectivity index (χ0n) is 20.8. The van der Waals surface area contributed by atoms with Crippen LogP contribution >= 0.6 is 0 Å². The Bertz CT molecular complexity index is 1120. The smallest absolute Gasteiger partial charge is 0.432 e. The van der Waals surface area contributed by atoms with Crippen LogP contribution in [0.3, 0.4) is 0 Å². The largest absolute Gasteiger partial charge is 0.433 e. The minimum absolute atomic E-state index is 0.0954. The van der Waals surface area contributed by atoms with Crippen LogP contribution in [0.15, 0.2) is 66.0 Å². The van der Waals surface area contributed by atoms with Crippen molar-refractivity contribution in [3.8, 4) is 0 Å². The van der Waals surface area contributed by atoms with E-state index in [1.165, 1.54) is 6.08 Å². The summed E-state index contributed by atoms with van der Waals surface area (Å²) in [5.74, 6) is -8.91. The number of halogens is 7. The summed E-state index contributed by atoms with van der Waals surface area (Å²) in [5.41, 5.74) is -0.835. The topological polar surface area (TPSA) is 18.5 Å². The summed E-state index contributed by atoms with van der Waals surface area (Å²) in [7, 11) is 0. The van der Waals surface area contributed by atoms with E-state index < -0.39 is 52.8 Å². The number of alkyl halides is 3. The first-order valence-corrected chi connectivity index (χ1v) is 12.0. The number of rotatable bonds is 8. The molecule has 37 heavy (non-hydrogen) atoms. The molecule has 202 valence electrons. The average molecular weight is 531 g/mol. The first-order chi connectivity index (χ1) is 17.4. The molecule has 1 saturated heterocycles. The van der Waals surface area contributed by atoms with Crippen LogP contribution in [0.2, 0.25) is 0 Å². The lowest BCUT2D eigenvalue weighted by molar-refractivity contribution is -0.233. The Morgan fingerprint density at radius 2 is 1.78 bits per heavy atom. The van der Waals surface area contributed by atoms with Crippen LogP contribution in [0, 0.1) is 23.5 Å². The van der Waals surface area contributed by atoms with Gasteiger partial charge < -0.3 is 9.47 Å². The van der Waals surface area contributed by atoms with E-state index >= 15 is 0 Å². The monoisotopic (exact) mass is 530 g/mol. The number of benzene rings is 1. The fourth-order valence-electron chi connectivity index (χ4n) is 4.25. The maximum absolute atomic E-state index is 14.7. The fraction of sp³-hybridized carbons (Fsp3) is 0.429. The molecule has 0 radical (unpaired) electrons. The zero-order chi connectivity index (χ0) is 27.5. The number of hydrogen-bond acceptors (Lipinski definition) is 2. The molecule has 1 aliphatic heterocycles. The van der Waals surface area contributed by atoms with Crippen LogP contribution in [0.1, 0.15) is 51.2 Å². The van der Waals surface area contributed by atoms with Crippen LogP contribution in [0.4, 0.5) is 30.7 Å². The van der Waals surface area contributed by atoms with Gasteiger partial charge in [0, 0.05) is 6.08 Å². The predicted molar refractivity (Wildman–Crippen MR) is 127 cm³/mol. The highest BCUT2D eigenvalue weighted by molar-refractivity contribution is 5.73. The van der Waals surface area contributed by atoms with E-state index in [-0.39, 0.29) is 23.3 Å². The molecule has 2 nitrogen and oxygen atoms in total. The van der Waals surface area contributed by atoms with Crippen molar-refractivity contribution in [2.24, 2.45) is 11.8 Å². The Morgan fingerprint density at radius 3 is 2.32 bits per heavy atom. The molecule has 0 saturated carbocycles. The molecule has 1 aromatic rings. The van der Waals surface area contributed by atoms with Gasteiger partial charge in [0.25, 0.3) is 0 Å². The normalized spacial score (nSPS) is 25.5. The number of hydrogen-bond donors (Lipinski definition) is 0. The van der Waals surface area contributed by atoms with Crippen molar-refractivity contribution in [1.29, 1.82) is 0 Å². The second kappa shape index (κ2) is 11.7. The molecule has 2 aliphatic rings. The third kappa shape index (κ3) is 6.37. The lowest BCUT2D eigenvalue weighted by atomic mass is 9.92. The van der Waals surface area contributed by atoms with Crippen molar-refractivity contribution in [2.45, 2.75) is 58.4 Å². The average Bonchev–Trinajstić information content (AvgIpc) is 2.85. The van der Waals surface area contributed by atoms with Gasteiger partial charge in [-0.25, -0.2) is 22.0 Å². The van der Waals surface area contributed by atoms with Crippen LogP contribution in [-0.2, 0) is 15.6 Å². The highest BCUT2D eigenvalue weighted by Crippen LogP contribution is 2.42. The maximum Gasteiger partial charge on any atom is 0.432 e. The van der Waals surface area contributed by atoms with Crippen molar-refractivity contribution in [2.75, 3.05) is 6.61 Å². The molecule has 1 heterocycles. The zero-order valence-corrected chi connectivity index (χ0v) is 20.8. The van der Waals surface area contributed by atoms with E-state index in [1.807, 2.05) is 13.0 Å². The van der Waals surface area contributed by atoms with Crippen LogP contribution in [0.5, 0.6) is 0 Å². The van der Waals surface area contributed by atoms with E-state index in [0.29, 0.717) is 24.7 Å². The van der Waals surface area contributed by atoms with E-state index in [9.17, 15) is 30.7 Å². The molecule has 9 heteroatoms. The minimum Gasteiger partial charge on any atom is -0.433 e. The summed E-state index contributed by atoms with van der Waals surface area (Å²) < 4.78 is 110. The van der Waals surface area contributed by atoms with Crippen molar-refractivity contribution >= 4 is 5.57 Å². The van der Waals surface area contributed by atoms with Crippen molar-refractivity contribution in [3.05, 3.63) is 88.8 Å². The predicted octanol–water partition coefficient (Wildman–Crippen LogP) is 8.77. The molecule has 4 unspecified atom stereocenters. The molecule has 0 bridgehead atoms. The van der Waals surface area contributed by atoms with Gasteiger partial charge in [0.2, 0.25) is 0 Å². The lowest BCUT2D eigenvalue weighted by Gasteiger charge is -2.29. The fourth-order valence-corrected chi connectivity index (χ4v) is 4.25. The molecule has 1 aliphatic carbocycles. The molecular weight excluding hydrogens is 501 g/mol. The lowest BCUT2D eigenvalue weighted by Crippen LogP contribution is -2.28. The minimum atomic E-state index is -4.63. The van der Waals surface area contributed by atoms with E-state index in [4.69, 9.17) is 4.74 Å². The second-order valence-corrected chi connectivity index (χ2v) is 9.19. The third-order valence-corrected chi connectivity index (χ3v) is 6.71. The van der Waals surface area contributed by atoms with Gasteiger partial charge in [0.1, 0.15) is 23.0 Å². The van der Waals surface area contributed by atoms with E-state index in [0.717, 1.165) is 31.8 Å². The number of allylic oxidation sites excluding steroid dienone is 7. The first kappa shape index (κ1) is 28.8. The van der Waals surface area contributed by atoms with Crippen molar-refractivity contribution in [1.82, 2.24) is 0 Å². The molecule has 4 atom stereocenters. The first-order valence-electron chi connectivity index (χ1n) is 12.0. The number of ether oxygens (including phenoxy) is 2. The molecular formula is C28H29F7O2. The maximum atomic E-state index is 14.7. The van der Waals surface area contributed by atoms with E-state index in [1.54, 1.807) is 6.08 Å². The molecule has 0 aromatic heterocycles. The Labute approximate surface area is 211 Å². The second-order valence-electron chi connectivity index (χ2n) is 9.19. The van der Waals surface area contributed by atoms with Gasteiger partial charge in [-0.05, 0) is 54.5 Å². The highest BCUT2D eigenvalue weighted by atomic mass is 19.3. The Morgan fingerprint density at radius 1 is 1.14 bits per heavy atom. The standard InChI is InChI=1S/C28H29F7O2/c1-5-17-8-10-23(36-14-17)18(6-2)9-7-15(3)19-11-20(29)25(21(30)12-19)28(34,35)37-24-13-22(31)27(33)26(32)16(24)4/h6-7,9,11-13,16-17,23,26H,3,5,8,10,14H2,1-2,4H3/b9-7-,18-6+. The summed E-state index contributed by atoms with van der Waals surface area (Å²) in [4.78, 5) is 0. The Kier molecular flexibility index (Phi) is 9.10.